The van der Waals surface area contributed by atoms with E-state index in [1.54, 1.807) is 12.1 Å². The van der Waals surface area contributed by atoms with E-state index in [1.165, 1.54) is 16.9 Å². The largest absolute Gasteiger partial charge is 0.389 e. The van der Waals surface area contributed by atoms with E-state index in [1.807, 2.05) is 12.1 Å². The number of anilines is 1. The van der Waals surface area contributed by atoms with Crippen molar-refractivity contribution in [3.63, 3.8) is 0 Å². The first-order valence-corrected chi connectivity index (χ1v) is 9.18. The first-order valence-electron chi connectivity index (χ1n) is 7.98. The number of aliphatic hydroxyl groups is 1. The quantitative estimate of drug-likeness (QED) is 0.665. The zero-order valence-corrected chi connectivity index (χ0v) is 15.5. The number of rotatable bonds is 8. The monoisotopic (exact) mass is 366 g/mol. The van der Waals surface area contributed by atoms with E-state index in [-0.39, 0.29) is 12.5 Å². The van der Waals surface area contributed by atoms with Crippen molar-refractivity contribution in [1.29, 1.82) is 0 Å². The molecule has 1 aromatic carbocycles. The molecule has 24 heavy (non-hydrogen) atoms. The summed E-state index contributed by atoms with van der Waals surface area (Å²) in [5.41, 5.74) is 2.26. The molecule has 1 unspecified atom stereocenters. The molecule has 0 saturated carbocycles. The van der Waals surface area contributed by atoms with Crippen LogP contribution in [0, 0.1) is 5.92 Å². The summed E-state index contributed by atoms with van der Waals surface area (Å²) < 4.78 is 0.572. The number of carbonyl (C=O) groups is 1. The van der Waals surface area contributed by atoms with Crippen LogP contribution >= 0.6 is 22.9 Å². The highest BCUT2D eigenvalue weighted by atomic mass is 35.5. The summed E-state index contributed by atoms with van der Waals surface area (Å²) in [6, 6.07) is 11.6. The summed E-state index contributed by atoms with van der Waals surface area (Å²) >= 11 is 7.02. The second kappa shape index (κ2) is 9.06. The smallest absolute Gasteiger partial charge is 0.261 e. The molecule has 0 spiro atoms. The van der Waals surface area contributed by atoms with Gasteiger partial charge in [0.05, 0.1) is 15.3 Å². The van der Waals surface area contributed by atoms with Gasteiger partial charge in [0.25, 0.3) is 5.91 Å². The Morgan fingerprint density at radius 2 is 1.88 bits per heavy atom. The highest BCUT2D eigenvalue weighted by Crippen LogP contribution is 2.21. The van der Waals surface area contributed by atoms with Crippen molar-refractivity contribution in [3.05, 3.63) is 51.2 Å². The molecule has 3 N–H and O–H groups in total. The maximum absolute atomic E-state index is 11.9. The predicted molar refractivity (Wildman–Crippen MR) is 101 cm³/mol. The van der Waals surface area contributed by atoms with Gasteiger partial charge in [-0.2, -0.15) is 0 Å². The summed E-state index contributed by atoms with van der Waals surface area (Å²) in [5, 5.41) is 15.9. The van der Waals surface area contributed by atoms with Crippen LogP contribution in [0.15, 0.2) is 36.4 Å². The predicted octanol–water partition coefficient (Wildman–Crippen LogP) is 3.80. The van der Waals surface area contributed by atoms with Crippen molar-refractivity contribution in [1.82, 2.24) is 5.32 Å². The minimum atomic E-state index is -0.667. The number of aliphatic hydroxyl groups excluding tert-OH is 1. The summed E-state index contributed by atoms with van der Waals surface area (Å²) in [5.74, 6) is 0.413. The fourth-order valence-corrected chi connectivity index (χ4v) is 3.23. The minimum Gasteiger partial charge on any atom is -0.389 e. The highest BCUT2D eigenvalue weighted by Gasteiger charge is 2.11. The molecule has 2 aromatic rings. The third-order valence-corrected chi connectivity index (χ3v) is 4.66. The molecule has 1 aromatic heterocycles. The lowest BCUT2D eigenvalue weighted by Gasteiger charge is -2.14. The zero-order valence-electron chi connectivity index (χ0n) is 13.9. The van der Waals surface area contributed by atoms with Gasteiger partial charge in [0.15, 0.2) is 0 Å². The summed E-state index contributed by atoms with van der Waals surface area (Å²) in [7, 11) is 0. The maximum Gasteiger partial charge on any atom is 0.261 e. The van der Waals surface area contributed by atoms with Gasteiger partial charge in [0, 0.05) is 18.8 Å². The fraction of sp³-hybridized carbons (Fsp3) is 0.389. The number of benzene rings is 1. The lowest BCUT2D eigenvalue weighted by atomic mass is 10.0. The van der Waals surface area contributed by atoms with Crippen LogP contribution in [0.3, 0.4) is 0 Å². The van der Waals surface area contributed by atoms with Gasteiger partial charge in [-0.3, -0.25) is 4.79 Å². The normalized spacial score (nSPS) is 12.2. The number of carbonyl (C=O) groups excluding carboxylic acids is 1. The first kappa shape index (κ1) is 18.8. The molecule has 0 saturated heterocycles. The maximum atomic E-state index is 11.9. The van der Waals surface area contributed by atoms with Crippen LogP contribution in [-0.4, -0.2) is 30.2 Å². The molecule has 0 radical (unpaired) electrons. The molecule has 2 rings (SSSR count). The lowest BCUT2D eigenvalue weighted by Crippen LogP contribution is -2.35. The molecular formula is C18H23ClN2O2S. The Hall–Kier alpha value is -1.56. The number of hydrogen-bond acceptors (Lipinski definition) is 4. The average Bonchev–Trinajstić information content (AvgIpc) is 2.98. The highest BCUT2D eigenvalue weighted by molar-refractivity contribution is 7.17. The molecule has 1 atom stereocenters. The fourth-order valence-electron chi connectivity index (χ4n) is 2.27. The van der Waals surface area contributed by atoms with Crippen molar-refractivity contribution in [2.24, 2.45) is 5.92 Å². The van der Waals surface area contributed by atoms with Crippen molar-refractivity contribution < 1.29 is 9.90 Å². The molecule has 0 aliphatic heterocycles. The van der Waals surface area contributed by atoms with E-state index in [0.29, 0.717) is 21.7 Å². The Labute approximate surface area is 151 Å². The summed E-state index contributed by atoms with van der Waals surface area (Å²) in [6.45, 7) is 4.95. The third kappa shape index (κ3) is 6.15. The van der Waals surface area contributed by atoms with Gasteiger partial charge in [0.2, 0.25) is 0 Å². The number of nitrogens with one attached hydrogen (secondary N) is 2. The molecule has 0 aliphatic rings. The molecular weight excluding hydrogens is 344 g/mol. The molecule has 1 heterocycles. The first-order chi connectivity index (χ1) is 11.4. The minimum absolute atomic E-state index is 0.187. The second-order valence-electron chi connectivity index (χ2n) is 6.14. The van der Waals surface area contributed by atoms with Crippen molar-refractivity contribution in [2.75, 3.05) is 18.4 Å². The van der Waals surface area contributed by atoms with Gasteiger partial charge in [0.1, 0.15) is 0 Å². The van der Waals surface area contributed by atoms with Crippen LogP contribution in [0.25, 0.3) is 0 Å². The molecule has 0 aliphatic carbocycles. The van der Waals surface area contributed by atoms with Gasteiger partial charge in [-0.15, -0.1) is 11.3 Å². The Morgan fingerprint density at radius 1 is 1.17 bits per heavy atom. The molecule has 130 valence electrons. The average molecular weight is 367 g/mol. The van der Waals surface area contributed by atoms with Gasteiger partial charge in [-0.25, -0.2) is 0 Å². The van der Waals surface area contributed by atoms with Crippen LogP contribution in [-0.2, 0) is 6.42 Å². The third-order valence-electron chi connectivity index (χ3n) is 3.43. The van der Waals surface area contributed by atoms with E-state index < -0.39 is 6.10 Å². The van der Waals surface area contributed by atoms with E-state index in [2.05, 4.69) is 36.6 Å². The Balaban J connectivity index is 1.72. The van der Waals surface area contributed by atoms with Gasteiger partial charge < -0.3 is 15.7 Å². The van der Waals surface area contributed by atoms with Crippen molar-refractivity contribution in [3.8, 4) is 0 Å². The van der Waals surface area contributed by atoms with Crippen LogP contribution in [0.4, 0.5) is 5.69 Å². The number of amides is 1. The molecule has 6 heteroatoms. The summed E-state index contributed by atoms with van der Waals surface area (Å²) in [4.78, 5) is 12.4. The molecule has 0 fully saturated rings. The van der Waals surface area contributed by atoms with E-state index >= 15 is 0 Å². The Morgan fingerprint density at radius 3 is 2.46 bits per heavy atom. The SMILES string of the molecule is CC(C)Cc1ccc(NCC(O)CNC(=O)c2ccc(Cl)s2)cc1. The summed E-state index contributed by atoms with van der Waals surface area (Å²) in [6.07, 6.45) is 0.390. The van der Waals surface area contributed by atoms with Crippen LogP contribution < -0.4 is 10.6 Å². The standard InChI is InChI=1S/C18H23ClN2O2S/c1-12(2)9-13-3-5-14(6-4-13)20-10-15(22)11-21-18(23)16-7-8-17(19)24-16/h3-8,12,15,20,22H,9-11H2,1-2H3,(H,21,23). The molecule has 0 bridgehead atoms. The Kier molecular flexibility index (Phi) is 7.09. The van der Waals surface area contributed by atoms with Crippen molar-refractivity contribution in [2.45, 2.75) is 26.4 Å². The zero-order chi connectivity index (χ0) is 17.5. The topological polar surface area (TPSA) is 61.4 Å². The number of hydrogen-bond donors (Lipinski definition) is 3. The van der Waals surface area contributed by atoms with Crippen LogP contribution in [0.2, 0.25) is 4.34 Å². The number of halogens is 1. The Bertz CT molecular complexity index is 655. The van der Waals surface area contributed by atoms with Crippen molar-refractivity contribution >= 4 is 34.5 Å². The van der Waals surface area contributed by atoms with Gasteiger partial charge in [-0.05, 0) is 42.2 Å². The van der Waals surface area contributed by atoms with E-state index in [0.717, 1.165) is 12.1 Å². The van der Waals surface area contributed by atoms with Crippen LogP contribution in [0.1, 0.15) is 29.1 Å². The van der Waals surface area contributed by atoms with E-state index in [9.17, 15) is 9.90 Å². The van der Waals surface area contributed by atoms with Gasteiger partial charge >= 0.3 is 0 Å². The number of thiophene rings is 1. The lowest BCUT2D eigenvalue weighted by molar-refractivity contribution is 0.0926. The molecule has 1 amide bonds. The van der Waals surface area contributed by atoms with Gasteiger partial charge in [-0.1, -0.05) is 37.6 Å². The van der Waals surface area contributed by atoms with Crippen LogP contribution in [0.5, 0.6) is 0 Å². The molecule has 4 nitrogen and oxygen atoms in total. The van der Waals surface area contributed by atoms with E-state index in [4.69, 9.17) is 11.6 Å². The second-order valence-corrected chi connectivity index (χ2v) is 7.86.